The topological polar surface area (TPSA) is 110 Å². The number of hydrogen-bond donors (Lipinski definition) is 2. The van der Waals surface area contributed by atoms with E-state index in [-0.39, 0.29) is 36.8 Å². The van der Waals surface area contributed by atoms with Crippen LogP contribution < -0.4 is 10.1 Å². The molecule has 0 spiro atoms. The highest BCUT2D eigenvalue weighted by Crippen LogP contribution is 2.34. The van der Waals surface area contributed by atoms with Crippen LogP contribution in [0.4, 0.5) is 0 Å². The molecule has 0 aliphatic carbocycles. The Labute approximate surface area is 201 Å². The van der Waals surface area contributed by atoms with Crippen LogP contribution in [0.2, 0.25) is 0 Å². The minimum absolute atomic E-state index is 0.0674. The summed E-state index contributed by atoms with van der Waals surface area (Å²) in [6.45, 7) is 12.6. The van der Waals surface area contributed by atoms with Gasteiger partial charge in [-0.05, 0) is 28.5 Å². The maximum absolute atomic E-state index is 13.6. The van der Waals surface area contributed by atoms with Gasteiger partial charge in [0.2, 0.25) is 11.8 Å². The van der Waals surface area contributed by atoms with Gasteiger partial charge in [0.1, 0.15) is 30.1 Å². The van der Waals surface area contributed by atoms with Crippen LogP contribution in [0.1, 0.15) is 65.3 Å². The number of nitrogens with one attached hydrogen (secondary N) is 1. The van der Waals surface area contributed by atoms with Crippen molar-refractivity contribution in [3.8, 4) is 5.75 Å². The van der Waals surface area contributed by atoms with Gasteiger partial charge in [-0.25, -0.2) is 4.68 Å². The highest BCUT2D eigenvalue weighted by molar-refractivity contribution is 5.90. The number of aliphatic hydroxyl groups is 1. The van der Waals surface area contributed by atoms with Crippen molar-refractivity contribution in [2.45, 2.75) is 78.2 Å². The summed E-state index contributed by atoms with van der Waals surface area (Å²) in [4.78, 5) is 27.4. The molecule has 2 heterocycles. The summed E-state index contributed by atoms with van der Waals surface area (Å²) >= 11 is 0. The van der Waals surface area contributed by atoms with Crippen LogP contribution in [0.5, 0.6) is 5.75 Å². The van der Waals surface area contributed by atoms with E-state index >= 15 is 0 Å². The molecule has 1 fully saturated rings. The lowest BCUT2D eigenvalue weighted by Crippen LogP contribution is -2.49. The number of carbonyl (C=O) groups is 2. The minimum Gasteiger partial charge on any atom is -0.487 e. The number of amides is 2. The van der Waals surface area contributed by atoms with E-state index in [0.717, 1.165) is 5.75 Å². The van der Waals surface area contributed by atoms with E-state index in [1.165, 1.54) is 22.2 Å². The van der Waals surface area contributed by atoms with Crippen LogP contribution in [0.3, 0.4) is 0 Å². The molecule has 1 aromatic carbocycles. The molecule has 2 amide bonds. The molecular formula is C25H37N5O4. The quantitative estimate of drug-likeness (QED) is 0.670. The van der Waals surface area contributed by atoms with E-state index in [2.05, 4.69) is 36.4 Å². The normalized spacial score (nSPS) is 19.7. The van der Waals surface area contributed by atoms with E-state index in [1.807, 2.05) is 45.0 Å². The number of carbonyl (C=O) groups excluding carboxylic acids is 2. The SMILES string of the molecule is CNC(=O)C1CC(O)CN1C(=O)[C@@H](n1cc(COc2ccc(C(C)(C)C)cc2)nn1)C(C)(C)C. The molecule has 2 aromatic rings. The zero-order valence-electron chi connectivity index (χ0n) is 21.2. The van der Waals surface area contributed by atoms with Gasteiger partial charge in [-0.1, -0.05) is 58.9 Å². The highest BCUT2D eigenvalue weighted by atomic mass is 16.5. The van der Waals surface area contributed by atoms with Crippen molar-refractivity contribution < 1.29 is 19.4 Å². The zero-order valence-corrected chi connectivity index (χ0v) is 21.2. The molecule has 1 aromatic heterocycles. The predicted octanol–water partition coefficient (Wildman–Crippen LogP) is 2.45. The molecule has 2 unspecified atom stereocenters. The minimum atomic E-state index is -0.740. The maximum atomic E-state index is 13.6. The van der Waals surface area contributed by atoms with Crippen molar-refractivity contribution in [3.05, 3.63) is 41.7 Å². The number of hydrogen-bond acceptors (Lipinski definition) is 6. The first-order chi connectivity index (χ1) is 15.8. The van der Waals surface area contributed by atoms with Gasteiger partial charge in [0.15, 0.2) is 0 Å². The lowest BCUT2D eigenvalue weighted by Gasteiger charge is -2.34. The lowest BCUT2D eigenvalue weighted by atomic mass is 9.85. The van der Waals surface area contributed by atoms with E-state index in [0.29, 0.717) is 5.69 Å². The van der Waals surface area contributed by atoms with Crippen molar-refractivity contribution in [1.29, 1.82) is 0 Å². The van der Waals surface area contributed by atoms with Crippen LogP contribution in [0, 0.1) is 5.41 Å². The van der Waals surface area contributed by atoms with Gasteiger partial charge in [-0.15, -0.1) is 5.10 Å². The van der Waals surface area contributed by atoms with Crippen LogP contribution >= 0.6 is 0 Å². The van der Waals surface area contributed by atoms with Crippen LogP contribution in [-0.4, -0.2) is 62.6 Å². The second-order valence-electron chi connectivity index (χ2n) is 11.0. The van der Waals surface area contributed by atoms with E-state index < -0.39 is 23.6 Å². The Hall–Kier alpha value is -2.94. The van der Waals surface area contributed by atoms with E-state index in [9.17, 15) is 14.7 Å². The molecule has 0 radical (unpaired) electrons. The molecule has 3 rings (SSSR count). The average Bonchev–Trinajstić information content (AvgIpc) is 3.37. The van der Waals surface area contributed by atoms with Crippen molar-refractivity contribution in [2.75, 3.05) is 13.6 Å². The number of benzene rings is 1. The molecule has 2 N–H and O–H groups in total. The lowest BCUT2D eigenvalue weighted by molar-refractivity contribution is -0.144. The summed E-state index contributed by atoms with van der Waals surface area (Å²) in [5, 5.41) is 21.1. The van der Waals surface area contributed by atoms with Gasteiger partial charge in [-0.2, -0.15) is 0 Å². The Bertz CT molecular complexity index is 1000. The third kappa shape index (κ3) is 5.75. The third-order valence-electron chi connectivity index (χ3n) is 6.09. The summed E-state index contributed by atoms with van der Waals surface area (Å²) in [5.74, 6) is 0.168. The van der Waals surface area contributed by atoms with Crippen LogP contribution in [-0.2, 0) is 21.6 Å². The second kappa shape index (κ2) is 9.74. The second-order valence-corrected chi connectivity index (χ2v) is 11.0. The Balaban J connectivity index is 1.76. The molecule has 0 saturated carbocycles. The van der Waals surface area contributed by atoms with Gasteiger partial charge in [0.25, 0.3) is 0 Å². The molecule has 1 aliphatic heterocycles. The van der Waals surface area contributed by atoms with Gasteiger partial charge in [-0.3, -0.25) is 9.59 Å². The molecule has 34 heavy (non-hydrogen) atoms. The molecule has 186 valence electrons. The summed E-state index contributed by atoms with van der Waals surface area (Å²) < 4.78 is 7.42. The van der Waals surface area contributed by atoms with Crippen LogP contribution in [0.15, 0.2) is 30.5 Å². The Morgan fingerprint density at radius 3 is 2.38 bits per heavy atom. The number of aliphatic hydroxyl groups excluding tert-OH is 1. The first kappa shape index (κ1) is 25.7. The van der Waals surface area contributed by atoms with Crippen molar-refractivity contribution in [3.63, 3.8) is 0 Å². The largest absolute Gasteiger partial charge is 0.487 e. The molecule has 9 nitrogen and oxygen atoms in total. The Morgan fingerprint density at radius 2 is 1.82 bits per heavy atom. The summed E-state index contributed by atoms with van der Waals surface area (Å²) in [5.41, 5.74) is 1.37. The molecule has 1 aliphatic rings. The fourth-order valence-corrected chi connectivity index (χ4v) is 4.22. The molecule has 0 bridgehead atoms. The summed E-state index contributed by atoms with van der Waals surface area (Å²) in [6.07, 6.45) is 1.18. The monoisotopic (exact) mass is 471 g/mol. The third-order valence-corrected chi connectivity index (χ3v) is 6.09. The predicted molar refractivity (Wildman–Crippen MR) is 128 cm³/mol. The van der Waals surface area contributed by atoms with Gasteiger partial charge in [0, 0.05) is 20.0 Å². The Kier molecular flexibility index (Phi) is 7.35. The Morgan fingerprint density at radius 1 is 1.18 bits per heavy atom. The highest BCUT2D eigenvalue weighted by Gasteiger charge is 2.45. The van der Waals surface area contributed by atoms with Gasteiger partial charge < -0.3 is 20.1 Å². The first-order valence-electron chi connectivity index (χ1n) is 11.7. The number of ether oxygens (including phenoxy) is 1. The average molecular weight is 472 g/mol. The fraction of sp³-hybridized carbons (Fsp3) is 0.600. The van der Waals surface area contributed by atoms with Crippen LogP contribution in [0.25, 0.3) is 0 Å². The molecule has 1 saturated heterocycles. The first-order valence-corrected chi connectivity index (χ1v) is 11.7. The zero-order chi connectivity index (χ0) is 25.3. The summed E-state index contributed by atoms with van der Waals surface area (Å²) in [7, 11) is 1.53. The number of likely N-dealkylation sites (tertiary alicyclic amines) is 1. The fourth-order valence-electron chi connectivity index (χ4n) is 4.22. The maximum Gasteiger partial charge on any atom is 0.248 e. The number of nitrogens with zero attached hydrogens (tertiary/aromatic N) is 4. The van der Waals surface area contributed by atoms with Crippen molar-refractivity contribution >= 4 is 11.8 Å². The molecule has 3 atom stereocenters. The number of β-amino-alcohol motifs (C(OH)–C–C–N with tert-alkyl or cyclic N) is 1. The summed E-state index contributed by atoms with van der Waals surface area (Å²) in [6, 6.07) is 6.56. The standard InChI is InChI=1S/C25H37N5O4/c1-24(2,3)16-8-10-19(11-9-16)34-15-17-13-30(28-27-17)21(25(4,5)6)23(33)29-14-18(31)12-20(29)22(32)26-7/h8-11,13,18,20-21,31H,12,14-15H2,1-7H3,(H,26,32)/t18?,20?,21-/m1/s1. The molecule has 9 heteroatoms. The van der Waals surface area contributed by atoms with Gasteiger partial charge in [0.05, 0.1) is 12.3 Å². The van der Waals surface area contributed by atoms with E-state index in [4.69, 9.17) is 4.74 Å². The smallest absolute Gasteiger partial charge is 0.248 e. The number of likely N-dealkylation sites (N-methyl/N-ethyl adjacent to an activating group) is 1. The van der Waals surface area contributed by atoms with Crippen molar-refractivity contribution in [1.82, 2.24) is 25.2 Å². The van der Waals surface area contributed by atoms with Crippen molar-refractivity contribution in [2.24, 2.45) is 5.41 Å². The molecular weight excluding hydrogens is 434 g/mol. The number of aromatic nitrogens is 3. The number of rotatable bonds is 6. The van der Waals surface area contributed by atoms with E-state index in [1.54, 1.807) is 6.20 Å². The van der Waals surface area contributed by atoms with Gasteiger partial charge >= 0.3 is 0 Å².